The third kappa shape index (κ3) is 2.04. The fourth-order valence-corrected chi connectivity index (χ4v) is 1.19. The second kappa shape index (κ2) is 4.12. The Morgan fingerprint density at radius 2 is 2.27 bits per heavy atom. The largest absolute Gasteiger partial charge is 0.264 e. The summed E-state index contributed by atoms with van der Waals surface area (Å²) >= 11 is 0. The third-order valence-corrected chi connectivity index (χ3v) is 1.79. The lowest BCUT2D eigenvalue weighted by Gasteiger charge is -2.03. The van der Waals surface area contributed by atoms with Gasteiger partial charge in [-0.25, -0.2) is 0 Å². The summed E-state index contributed by atoms with van der Waals surface area (Å²) in [7, 11) is 0. The Morgan fingerprint density at radius 3 is 2.91 bits per heavy atom. The third-order valence-electron chi connectivity index (χ3n) is 1.79. The average molecular weight is 148 g/mol. The van der Waals surface area contributed by atoms with Gasteiger partial charge < -0.3 is 0 Å². The molecule has 1 rings (SSSR count). The van der Waals surface area contributed by atoms with Crippen LogP contribution in [0.15, 0.2) is 18.5 Å². The standard InChI is InChI=1S/C10H14N/c1-3-5-10-8-11-7-6-9(10)4-2/h6-8H,2-5H2,1H3. The van der Waals surface area contributed by atoms with Gasteiger partial charge >= 0.3 is 0 Å². The summed E-state index contributed by atoms with van der Waals surface area (Å²) in [6.45, 7) is 6.05. The van der Waals surface area contributed by atoms with Gasteiger partial charge in [-0.1, -0.05) is 13.3 Å². The van der Waals surface area contributed by atoms with Crippen LogP contribution in [0, 0.1) is 6.92 Å². The van der Waals surface area contributed by atoms with Gasteiger partial charge in [0.15, 0.2) is 0 Å². The Bertz CT molecular complexity index is 218. The van der Waals surface area contributed by atoms with E-state index in [1.165, 1.54) is 17.5 Å². The maximum absolute atomic E-state index is 4.08. The Labute approximate surface area is 68.5 Å². The predicted molar refractivity (Wildman–Crippen MR) is 47.3 cm³/mol. The molecule has 0 aliphatic carbocycles. The summed E-state index contributed by atoms with van der Waals surface area (Å²) < 4.78 is 0. The SMILES string of the molecule is [CH2]Cc1ccncc1CCC. The van der Waals surface area contributed by atoms with Gasteiger partial charge in [-0.3, -0.25) is 4.98 Å². The first-order valence-electron chi connectivity index (χ1n) is 4.09. The van der Waals surface area contributed by atoms with Crippen LogP contribution >= 0.6 is 0 Å². The lowest BCUT2D eigenvalue weighted by molar-refractivity contribution is 0.897. The van der Waals surface area contributed by atoms with E-state index >= 15 is 0 Å². The van der Waals surface area contributed by atoms with E-state index in [1.807, 2.05) is 12.4 Å². The van der Waals surface area contributed by atoms with Crippen LogP contribution in [0.25, 0.3) is 0 Å². The van der Waals surface area contributed by atoms with E-state index in [1.54, 1.807) is 0 Å². The van der Waals surface area contributed by atoms with E-state index in [-0.39, 0.29) is 0 Å². The molecule has 0 unspecified atom stereocenters. The zero-order valence-corrected chi connectivity index (χ0v) is 7.01. The first kappa shape index (κ1) is 8.25. The first-order chi connectivity index (χ1) is 5.38. The summed E-state index contributed by atoms with van der Waals surface area (Å²) in [5.41, 5.74) is 2.69. The van der Waals surface area contributed by atoms with E-state index in [2.05, 4.69) is 24.9 Å². The Kier molecular flexibility index (Phi) is 3.09. The minimum absolute atomic E-state index is 0.873. The van der Waals surface area contributed by atoms with Crippen LogP contribution in [0.4, 0.5) is 0 Å². The highest BCUT2D eigenvalue weighted by Gasteiger charge is 1.97. The molecule has 0 aromatic carbocycles. The van der Waals surface area contributed by atoms with Crippen molar-refractivity contribution in [2.45, 2.75) is 26.2 Å². The Morgan fingerprint density at radius 1 is 1.45 bits per heavy atom. The maximum Gasteiger partial charge on any atom is 0.0302 e. The van der Waals surface area contributed by atoms with Crippen molar-refractivity contribution >= 4 is 0 Å². The molecule has 1 nitrogen and oxygen atoms in total. The molecule has 0 saturated carbocycles. The molecule has 0 bridgehead atoms. The minimum Gasteiger partial charge on any atom is -0.264 e. The normalized spacial score (nSPS) is 10.0. The number of hydrogen-bond donors (Lipinski definition) is 0. The molecule has 1 heterocycles. The number of aryl methyl sites for hydroxylation is 1. The van der Waals surface area contributed by atoms with E-state index < -0.39 is 0 Å². The van der Waals surface area contributed by atoms with Gasteiger partial charge in [0.05, 0.1) is 0 Å². The van der Waals surface area contributed by atoms with Crippen LogP contribution in [-0.4, -0.2) is 4.98 Å². The van der Waals surface area contributed by atoms with E-state index in [9.17, 15) is 0 Å². The van der Waals surface area contributed by atoms with E-state index in [0.717, 1.165) is 12.8 Å². The van der Waals surface area contributed by atoms with Gasteiger partial charge in [0, 0.05) is 12.4 Å². The zero-order valence-electron chi connectivity index (χ0n) is 7.01. The van der Waals surface area contributed by atoms with Crippen molar-refractivity contribution in [2.75, 3.05) is 0 Å². The fourth-order valence-electron chi connectivity index (χ4n) is 1.19. The lowest BCUT2D eigenvalue weighted by atomic mass is 10.0. The van der Waals surface area contributed by atoms with Crippen molar-refractivity contribution < 1.29 is 0 Å². The summed E-state index contributed by atoms with van der Waals surface area (Å²) in [5.74, 6) is 0. The number of pyridine rings is 1. The van der Waals surface area contributed by atoms with Crippen LogP contribution < -0.4 is 0 Å². The molecular formula is C10H14N. The lowest BCUT2D eigenvalue weighted by Crippen LogP contribution is -1.92. The molecular weight excluding hydrogens is 134 g/mol. The van der Waals surface area contributed by atoms with Crippen molar-refractivity contribution in [3.8, 4) is 0 Å². The number of hydrogen-bond acceptors (Lipinski definition) is 1. The molecule has 59 valence electrons. The second-order valence-electron chi connectivity index (χ2n) is 2.64. The molecule has 0 amide bonds. The maximum atomic E-state index is 4.08. The molecule has 0 spiro atoms. The molecule has 1 aromatic heterocycles. The van der Waals surface area contributed by atoms with Crippen LogP contribution in [0.5, 0.6) is 0 Å². The van der Waals surface area contributed by atoms with Crippen LogP contribution in [0.3, 0.4) is 0 Å². The van der Waals surface area contributed by atoms with Gasteiger partial charge in [-0.2, -0.15) is 0 Å². The quantitative estimate of drug-likeness (QED) is 0.641. The number of rotatable bonds is 3. The summed E-state index contributed by atoms with van der Waals surface area (Å²) in [6.07, 6.45) is 6.96. The summed E-state index contributed by atoms with van der Waals surface area (Å²) in [6, 6.07) is 2.05. The Balaban J connectivity index is 2.83. The molecule has 11 heavy (non-hydrogen) atoms. The fraction of sp³-hybridized carbons (Fsp3) is 0.400. The van der Waals surface area contributed by atoms with Crippen LogP contribution in [-0.2, 0) is 12.8 Å². The predicted octanol–water partition coefficient (Wildman–Crippen LogP) is 2.41. The van der Waals surface area contributed by atoms with E-state index in [0.29, 0.717) is 0 Å². The topological polar surface area (TPSA) is 12.9 Å². The van der Waals surface area contributed by atoms with Crippen molar-refractivity contribution in [1.82, 2.24) is 4.98 Å². The molecule has 0 aliphatic heterocycles. The summed E-state index contributed by atoms with van der Waals surface area (Å²) in [5, 5.41) is 0. The zero-order chi connectivity index (χ0) is 8.10. The molecule has 0 atom stereocenters. The van der Waals surface area contributed by atoms with E-state index in [4.69, 9.17) is 0 Å². The van der Waals surface area contributed by atoms with Crippen LogP contribution in [0.1, 0.15) is 24.5 Å². The highest BCUT2D eigenvalue weighted by Crippen LogP contribution is 2.09. The van der Waals surface area contributed by atoms with Crippen molar-refractivity contribution in [2.24, 2.45) is 0 Å². The molecule has 0 aliphatic rings. The first-order valence-corrected chi connectivity index (χ1v) is 4.09. The van der Waals surface area contributed by atoms with Gasteiger partial charge in [-0.15, -0.1) is 0 Å². The molecule has 0 N–H and O–H groups in total. The highest BCUT2D eigenvalue weighted by atomic mass is 14.6. The molecule has 0 saturated heterocycles. The van der Waals surface area contributed by atoms with Crippen molar-refractivity contribution in [1.29, 1.82) is 0 Å². The van der Waals surface area contributed by atoms with Gasteiger partial charge in [0.2, 0.25) is 0 Å². The molecule has 0 fully saturated rings. The number of nitrogens with zero attached hydrogens (tertiary/aromatic N) is 1. The second-order valence-corrected chi connectivity index (χ2v) is 2.64. The molecule has 1 aromatic rings. The monoisotopic (exact) mass is 148 g/mol. The summed E-state index contributed by atoms with van der Waals surface area (Å²) in [4.78, 5) is 4.08. The van der Waals surface area contributed by atoms with Gasteiger partial charge in [0.25, 0.3) is 0 Å². The smallest absolute Gasteiger partial charge is 0.0302 e. The Hall–Kier alpha value is -0.850. The van der Waals surface area contributed by atoms with Crippen LogP contribution in [0.2, 0.25) is 0 Å². The van der Waals surface area contributed by atoms with Gasteiger partial charge in [-0.05, 0) is 37.0 Å². The van der Waals surface area contributed by atoms with Gasteiger partial charge in [0.1, 0.15) is 0 Å². The van der Waals surface area contributed by atoms with Crippen molar-refractivity contribution in [3.05, 3.63) is 36.5 Å². The number of aromatic nitrogens is 1. The van der Waals surface area contributed by atoms with Crippen molar-refractivity contribution in [3.63, 3.8) is 0 Å². The molecule has 1 radical (unpaired) electrons. The minimum atomic E-state index is 0.873. The average Bonchev–Trinajstić information content (AvgIpc) is 2.06. The highest BCUT2D eigenvalue weighted by molar-refractivity contribution is 5.23. The molecule has 1 heteroatoms.